The number of carboxylic acid groups (broad SMARTS) is 1. The number of nitrogens with two attached hydrogens (primary N) is 1. The number of aliphatic hydroxyl groups excluding tert-OH is 1. The van der Waals surface area contributed by atoms with Crippen molar-refractivity contribution in [1.82, 2.24) is 10.2 Å². The summed E-state index contributed by atoms with van der Waals surface area (Å²) in [5.41, 5.74) is 4.93. The maximum atomic E-state index is 11.7. The van der Waals surface area contributed by atoms with Crippen LogP contribution >= 0.6 is 0 Å². The van der Waals surface area contributed by atoms with E-state index in [1.54, 1.807) is 6.92 Å². The van der Waals surface area contributed by atoms with Crippen molar-refractivity contribution in [3.8, 4) is 0 Å². The van der Waals surface area contributed by atoms with Gasteiger partial charge in [0, 0.05) is 20.0 Å². The lowest BCUT2D eigenvalue weighted by atomic mass is 10.1. The maximum Gasteiger partial charge on any atom is 0.326 e. The van der Waals surface area contributed by atoms with E-state index in [2.05, 4.69) is 5.32 Å². The van der Waals surface area contributed by atoms with Gasteiger partial charge in [0.25, 0.3) is 0 Å². The molecule has 0 aliphatic rings. The number of aliphatic hydroxyl groups is 1. The lowest BCUT2D eigenvalue weighted by Crippen LogP contribution is -2.47. The topological polar surface area (TPSA) is 133 Å². The molecule has 0 radical (unpaired) electrons. The molecule has 0 heterocycles. The molecule has 0 aliphatic heterocycles. The standard InChI is InChI=1S/C11H21N3O5/c1-7(15)5-6-14(2)11(19)13-8(10(17)18)3-4-9(12)16/h7-8,15H,3-6H2,1-2H3,(H2,12,16)(H,13,19)(H,17,18)/t7?,8-/m1/s1. The average Bonchev–Trinajstić information content (AvgIpc) is 2.30. The summed E-state index contributed by atoms with van der Waals surface area (Å²) in [6.07, 6.45) is -0.321. The van der Waals surface area contributed by atoms with Crippen molar-refractivity contribution in [2.75, 3.05) is 13.6 Å². The van der Waals surface area contributed by atoms with E-state index in [1.807, 2.05) is 0 Å². The van der Waals surface area contributed by atoms with Crippen LogP contribution in [0.1, 0.15) is 26.2 Å². The molecule has 3 amide bonds. The quantitative estimate of drug-likeness (QED) is 0.456. The van der Waals surface area contributed by atoms with Crippen LogP contribution < -0.4 is 11.1 Å². The number of carbonyl (C=O) groups excluding carboxylic acids is 2. The smallest absolute Gasteiger partial charge is 0.326 e. The fraction of sp³-hybridized carbons (Fsp3) is 0.727. The van der Waals surface area contributed by atoms with E-state index >= 15 is 0 Å². The van der Waals surface area contributed by atoms with Gasteiger partial charge in [0.15, 0.2) is 0 Å². The molecule has 5 N–H and O–H groups in total. The highest BCUT2D eigenvalue weighted by atomic mass is 16.4. The fourth-order valence-corrected chi connectivity index (χ4v) is 1.29. The molecular weight excluding hydrogens is 254 g/mol. The lowest BCUT2D eigenvalue weighted by molar-refractivity contribution is -0.139. The van der Waals surface area contributed by atoms with Gasteiger partial charge in [-0.15, -0.1) is 0 Å². The predicted octanol–water partition coefficient (Wildman–Crippen LogP) is -0.883. The Labute approximate surface area is 111 Å². The van der Waals surface area contributed by atoms with Crippen LogP contribution in [0.3, 0.4) is 0 Å². The summed E-state index contributed by atoms with van der Waals surface area (Å²) in [5, 5.41) is 20.3. The van der Waals surface area contributed by atoms with Crippen molar-refractivity contribution in [3.63, 3.8) is 0 Å². The number of carboxylic acids is 1. The van der Waals surface area contributed by atoms with E-state index < -0.39 is 30.1 Å². The van der Waals surface area contributed by atoms with Gasteiger partial charge in [0.2, 0.25) is 5.91 Å². The Hall–Kier alpha value is -1.83. The first-order valence-corrected chi connectivity index (χ1v) is 5.94. The van der Waals surface area contributed by atoms with Gasteiger partial charge in [-0.25, -0.2) is 9.59 Å². The highest BCUT2D eigenvalue weighted by molar-refractivity contribution is 5.83. The number of nitrogens with zero attached hydrogens (tertiary/aromatic N) is 1. The van der Waals surface area contributed by atoms with E-state index in [9.17, 15) is 14.4 Å². The predicted molar refractivity (Wildman–Crippen MR) is 67.3 cm³/mol. The van der Waals surface area contributed by atoms with Crippen LogP contribution in [0, 0.1) is 0 Å². The summed E-state index contributed by atoms with van der Waals surface area (Å²) in [5.74, 6) is -1.85. The zero-order valence-corrected chi connectivity index (χ0v) is 11.1. The normalized spacial score (nSPS) is 13.4. The number of nitrogens with one attached hydrogen (secondary N) is 1. The minimum absolute atomic E-state index is 0.0549. The average molecular weight is 275 g/mol. The maximum absolute atomic E-state index is 11.7. The Morgan fingerprint density at radius 1 is 1.32 bits per heavy atom. The molecule has 0 aliphatic carbocycles. The second-order valence-electron chi connectivity index (χ2n) is 4.40. The molecule has 8 nitrogen and oxygen atoms in total. The largest absolute Gasteiger partial charge is 0.480 e. The fourth-order valence-electron chi connectivity index (χ4n) is 1.29. The summed E-state index contributed by atoms with van der Waals surface area (Å²) in [6.45, 7) is 1.89. The first-order chi connectivity index (χ1) is 8.73. The number of urea groups is 1. The molecule has 0 aromatic rings. The molecule has 0 spiro atoms. The van der Waals surface area contributed by atoms with Crippen molar-refractivity contribution in [2.45, 2.75) is 38.3 Å². The Morgan fingerprint density at radius 2 is 1.89 bits per heavy atom. The molecule has 0 fully saturated rings. The number of primary amides is 1. The Morgan fingerprint density at radius 3 is 2.32 bits per heavy atom. The van der Waals surface area contributed by atoms with Crippen molar-refractivity contribution in [1.29, 1.82) is 0 Å². The van der Waals surface area contributed by atoms with E-state index in [0.717, 1.165) is 0 Å². The molecule has 110 valence electrons. The van der Waals surface area contributed by atoms with Gasteiger partial charge in [-0.1, -0.05) is 0 Å². The lowest BCUT2D eigenvalue weighted by Gasteiger charge is -2.21. The number of hydrogen-bond acceptors (Lipinski definition) is 4. The number of rotatable bonds is 8. The van der Waals surface area contributed by atoms with Gasteiger partial charge in [-0.2, -0.15) is 0 Å². The molecule has 0 saturated carbocycles. The molecule has 8 heteroatoms. The van der Waals surface area contributed by atoms with E-state index in [4.69, 9.17) is 15.9 Å². The molecule has 0 aromatic carbocycles. The third-order valence-corrected chi connectivity index (χ3v) is 2.50. The van der Waals surface area contributed by atoms with Crippen LogP contribution in [0.2, 0.25) is 0 Å². The Kier molecular flexibility index (Phi) is 7.50. The van der Waals surface area contributed by atoms with Gasteiger partial charge in [0.1, 0.15) is 6.04 Å². The van der Waals surface area contributed by atoms with Crippen molar-refractivity contribution in [3.05, 3.63) is 0 Å². The van der Waals surface area contributed by atoms with Crippen LogP contribution in [-0.4, -0.2) is 58.8 Å². The van der Waals surface area contributed by atoms with Gasteiger partial charge in [0.05, 0.1) is 6.10 Å². The van der Waals surface area contributed by atoms with E-state index in [-0.39, 0.29) is 12.8 Å². The second-order valence-corrected chi connectivity index (χ2v) is 4.40. The van der Waals surface area contributed by atoms with Gasteiger partial charge < -0.3 is 26.2 Å². The summed E-state index contributed by atoms with van der Waals surface area (Å²) >= 11 is 0. The highest BCUT2D eigenvalue weighted by Gasteiger charge is 2.22. The van der Waals surface area contributed by atoms with Gasteiger partial charge in [-0.3, -0.25) is 4.79 Å². The Balaban J connectivity index is 4.29. The molecule has 1 unspecified atom stereocenters. The molecule has 0 bridgehead atoms. The van der Waals surface area contributed by atoms with Gasteiger partial charge >= 0.3 is 12.0 Å². The highest BCUT2D eigenvalue weighted by Crippen LogP contribution is 2.00. The zero-order chi connectivity index (χ0) is 15.0. The first kappa shape index (κ1) is 17.2. The summed E-state index contributed by atoms with van der Waals surface area (Å²) in [4.78, 5) is 34.5. The van der Waals surface area contributed by atoms with Crippen LogP contribution in [0.25, 0.3) is 0 Å². The van der Waals surface area contributed by atoms with Crippen molar-refractivity contribution < 1.29 is 24.6 Å². The number of hydrogen-bond donors (Lipinski definition) is 4. The summed E-state index contributed by atoms with van der Waals surface area (Å²) < 4.78 is 0. The third-order valence-electron chi connectivity index (χ3n) is 2.50. The SMILES string of the molecule is CC(O)CCN(C)C(=O)N[C@H](CCC(N)=O)C(=O)O. The minimum Gasteiger partial charge on any atom is -0.480 e. The molecule has 19 heavy (non-hydrogen) atoms. The van der Waals surface area contributed by atoms with E-state index in [0.29, 0.717) is 13.0 Å². The van der Waals surface area contributed by atoms with E-state index in [1.165, 1.54) is 11.9 Å². The first-order valence-electron chi connectivity index (χ1n) is 5.94. The van der Waals surface area contributed by atoms with Crippen molar-refractivity contribution >= 4 is 17.9 Å². The number of amides is 3. The molecule has 0 saturated heterocycles. The second kappa shape index (κ2) is 8.30. The van der Waals surface area contributed by atoms with Crippen LogP contribution in [-0.2, 0) is 9.59 Å². The van der Waals surface area contributed by atoms with Crippen molar-refractivity contribution in [2.24, 2.45) is 5.73 Å². The van der Waals surface area contributed by atoms with Crippen LogP contribution in [0.15, 0.2) is 0 Å². The van der Waals surface area contributed by atoms with Gasteiger partial charge in [-0.05, 0) is 19.8 Å². The number of carbonyl (C=O) groups is 3. The molecular formula is C11H21N3O5. The summed E-state index contributed by atoms with van der Waals surface area (Å²) in [6, 6.07) is -1.73. The van der Waals surface area contributed by atoms with Crippen LogP contribution in [0.4, 0.5) is 4.79 Å². The zero-order valence-electron chi connectivity index (χ0n) is 11.1. The molecule has 2 atom stereocenters. The third kappa shape index (κ3) is 7.98. The molecule has 0 rings (SSSR count). The number of aliphatic carboxylic acids is 1. The van der Waals surface area contributed by atoms with Crippen LogP contribution in [0.5, 0.6) is 0 Å². The monoisotopic (exact) mass is 275 g/mol. The molecule has 0 aromatic heterocycles. The minimum atomic E-state index is -1.22. The summed E-state index contributed by atoms with van der Waals surface area (Å²) in [7, 11) is 1.49. The Bertz CT molecular complexity index is 332.